The van der Waals surface area contributed by atoms with Crippen LogP contribution in [0.2, 0.25) is 0 Å². The number of hydrogen-bond acceptors (Lipinski definition) is 7. The van der Waals surface area contributed by atoms with Crippen molar-refractivity contribution < 1.29 is 9.53 Å². The van der Waals surface area contributed by atoms with Crippen molar-refractivity contribution in [1.82, 2.24) is 24.8 Å². The highest BCUT2D eigenvalue weighted by Crippen LogP contribution is 2.21. The summed E-state index contributed by atoms with van der Waals surface area (Å²) in [6.07, 6.45) is 6.65. The number of hydrogen-bond donors (Lipinski definition) is 1. The van der Waals surface area contributed by atoms with Gasteiger partial charge in [0.2, 0.25) is 11.9 Å². The van der Waals surface area contributed by atoms with Crippen molar-refractivity contribution in [2.45, 2.75) is 38.5 Å². The summed E-state index contributed by atoms with van der Waals surface area (Å²) in [7, 11) is 5.51. The van der Waals surface area contributed by atoms with Crippen LogP contribution in [-0.2, 0) is 16.1 Å². The minimum Gasteiger partial charge on any atom is -0.377 e. The molecular weight excluding hydrogens is 358 g/mol. The molecule has 0 aromatic carbocycles. The third-order valence-corrected chi connectivity index (χ3v) is 4.99. The zero-order valence-corrected chi connectivity index (χ0v) is 17.0. The van der Waals surface area contributed by atoms with E-state index in [4.69, 9.17) is 4.74 Å². The summed E-state index contributed by atoms with van der Waals surface area (Å²) in [6, 6.07) is 1.82. The number of ether oxygens (including phenoxy) is 1. The molecule has 3 rings (SSSR count). The molecule has 152 valence electrons. The van der Waals surface area contributed by atoms with Crippen LogP contribution in [0, 0.1) is 6.92 Å². The summed E-state index contributed by atoms with van der Waals surface area (Å²) in [5.74, 6) is 2.51. The maximum Gasteiger partial charge on any atom is 0.226 e. The van der Waals surface area contributed by atoms with Crippen LogP contribution >= 0.6 is 0 Å². The van der Waals surface area contributed by atoms with Crippen molar-refractivity contribution in [3.05, 3.63) is 30.5 Å². The molecule has 0 spiro atoms. The lowest BCUT2D eigenvalue weighted by molar-refractivity contribution is -0.122. The molecule has 1 N–H and O–H groups in total. The van der Waals surface area contributed by atoms with E-state index in [0.29, 0.717) is 25.5 Å². The summed E-state index contributed by atoms with van der Waals surface area (Å²) < 4.78 is 7.67. The van der Waals surface area contributed by atoms with Crippen molar-refractivity contribution in [2.24, 2.45) is 0 Å². The highest BCUT2D eigenvalue weighted by atomic mass is 16.5. The van der Waals surface area contributed by atoms with E-state index in [-0.39, 0.29) is 18.1 Å². The standard InChI is InChI=1S/C19H29N7O2/c1-14-20-9-11-25(14)10-5-6-18(27)22-15-12-26(13-16(15)28-4)17-7-8-21-19(23-17)24(2)3/h7-9,11,15-16H,5-6,10,12-13H2,1-4H3,(H,22,27)/t15-,16+/m0/s1. The van der Waals surface area contributed by atoms with Gasteiger partial charge in [0.1, 0.15) is 11.6 Å². The number of aromatic nitrogens is 4. The second-order valence-electron chi connectivity index (χ2n) is 7.23. The predicted molar refractivity (Wildman–Crippen MR) is 107 cm³/mol. The monoisotopic (exact) mass is 387 g/mol. The Kier molecular flexibility index (Phi) is 6.45. The van der Waals surface area contributed by atoms with E-state index in [1.54, 1.807) is 19.5 Å². The van der Waals surface area contributed by atoms with Crippen LogP contribution in [0.5, 0.6) is 0 Å². The normalized spacial score (nSPS) is 19.1. The van der Waals surface area contributed by atoms with Crippen LogP contribution in [0.4, 0.5) is 11.8 Å². The second kappa shape index (κ2) is 9.01. The molecule has 1 aliphatic heterocycles. The van der Waals surface area contributed by atoms with Crippen molar-refractivity contribution in [3.8, 4) is 0 Å². The van der Waals surface area contributed by atoms with Crippen LogP contribution in [0.25, 0.3) is 0 Å². The van der Waals surface area contributed by atoms with Gasteiger partial charge in [0.25, 0.3) is 0 Å². The Hall–Kier alpha value is -2.68. The van der Waals surface area contributed by atoms with Gasteiger partial charge >= 0.3 is 0 Å². The predicted octanol–water partition coefficient (Wildman–Crippen LogP) is 0.848. The molecule has 1 fully saturated rings. The number of amides is 1. The molecule has 28 heavy (non-hydrogen) atoms. The lowest BCUT2D eigenvalue weighted by Crippen LogP contribution is -2.43. The van der Waals surface area contributed by atoms with E-state index in [9.17, 15) is 4.79 Å². The highest BCUT2D eigenvalue weighted by molar-refractivity contribution is 5.76. The first-order valence-electron chi connectivity index (χ1n) is 9.53. The molecule has 1 aliphatic rings. The van der Waals surface area contributed by atoms with E-state index in [2.05, 4.69) is 29.7 Å². The maximum absolute atomic E-state index is 12.4. The van der Waals surface area contributed by atoms with Gasteiger partial charge in [0.15, 0.2) is 0 Å². The average Bonchev–Trinajstić information content (AvgIpc) is 3.28. The van der Waals surface area contributed by atoms with Gasteiger partial charge < -0.3 is 24.4 Å². The lowest BCUT2D eigenvalue weighted by atomic mass is 10.2. The Morgan fingerprint density at radius 1 is 1.32 bits per heavy atom. The van der Waals surface area contributed by atoms with Crippen LogP contribution in [-0.4, -0.2) is 71.9 Å². The summed E-state index contributed by atoms with van der Waals surface area (Å²) in [4.78, 5) is 29.5. The fourth-order valence-electron chi connectivity index (χ4n) is 3.40. The number of methoxy groups -OCH3 is 1. The van der Waals surface area contributed by atoms with Crippen LogP contribution in [0.15, 0.2) is 24.7 Å². The van der Waals surface area contributed by atoms with E-state index in [1.165, 1.54) is 0 Å². The first-order valence-corrected chi connectivity index (χ1v) is 9.53. The number of carbonyl (C=O) groups is 1. The van der Waals surface area contributed by atoms with Crippen molar-refractivity contribution in [3.63, 3.8) is 0 Å². The van der Waals surface area contributed by atoms with Gasteiger partial charge in [-0.1, -0.05) is 0 Å². The Labute approximate surface area is 165 Å². The number of aryl methyl sites for hydroxylation is 2. The Morgan fingerprint density at radius 2 is 2.14 bits per heavy atom. The molecule has 2 aromatic heterocycles. The Bertz CT molecular complexity index is 792. The molecule has 0 saturated carbocycles. The molecule has 1 amide bonds. The number of carbonyl (C=O) groups excluding carboxylic acids is 1. The quantitative estimate of drug-likeness (QED) is 0.718. The minimum absolute atomic E-state index is 0.0448. The van der Waals surface area contributed by atoms with Crippen molar-refractivity contribution in [2.75, 3.05) is 44.1 Å². The molecule has 0 aliphatic carbocycles. The highest BCUT2D eigenvalue weighted by Gasteiger charge is 2.34. The number of nitrogens with one attached hydrogen (secondary N) is 1. The minimum atomic E-state index is -0.0717. The Balaban J connectivity index is 1.54. The number of rotatable bonds is 8. The summed E-state index contributed by atoms with van der Waals surface area (Å²) in [5, 5.41) is 3.13. The molecule has 2 atom stereocenters. The van der Waals surface area contributed by atoms with Crippen molar-refractivity contribution >= 4 is 17.7 Å². The summed E-state index contributed by atoms with van der Waals surface area (Å²) in [5.41, 5.74) is 0. The molecule has 9 heteroatoms. The first-order chi connectivity index (χ1) is 13.5. The van der Waals surface area contributed by atoms with Gasteiger partial charge in [-0.2, -0.15) is 4.98 Å². The van der Waals surface area contributed by atoms with E-state index in [1.807, 2.05) is 38.2 Å². The SMILES string of the molecule is CO[C@@H]1CN(c2ccnc(N(C)C)n2)C[C@@H]1NC(=O)CCCn1ccnc1C. The fraction of sp³-hybridized carbons (Fsp3) is 0.579. The van der Waals surface area contributed by atoms with Gasteiger partial charge in [0, 0.05) is 65.9 Å². The first kappa shape index (κ1) is 20.1. The second-order valence-corrected chi connectivity index (χ2v) is 7.23. The van der Waals surface area contributed by atoms with Crippen molar-refractivity contribution in [1.29, 1.82) is 0 Å². The van der Waals surface area contributed by atoms with Gasteiger partial charge in [0.05, 0.1) is 12.1 Å². The topological polar surface area (TPSA) is 88.4 Å². The molecule has 3 heterocycles. The molecule has 2 aromatic rings. The van der Waals surface area contributed by atoms with Gasteiger partial charge in [-0.15, -0.1) is 0 Å². The number of imidazole rings is 1. The molecule has 0 bridgehead atoms. The van der Waals surface area contributed by atoms with Gasteiger partial charge in [-0.3, -0.25) is 4.79 Å². The van der Waals surface area contributed by atoms with E-state index in [0.717, 1.165) is 24.6 Å². The largest absolute Gasteiger partial charge is 0.377 e. The molecule has 9 nitrogen and oxygen atoms in total. The summed E-state index contributed by atoms with van der Waals surface area (Å²) >= 11 is 0. The molecule has 1 saturated heterocycles. The van der Waals surface area contributed by atoms with Crippen LogP contribution in [0.3, 0.4) is 0 Å². The third-order valence-electron chi connectivity index (χ3n) is 4.99. The maximum atomic E-state index is 12.4. The smallest absolute Gasteiger partial charge is 0.226 e. The lowest BCUT2D eigenvalue weighted by Gasteiger charge is -2.19. The number of nitrogens with zero attached hydrogens (tertiary/aromatic N) is 6. The molecular formula is C19H29N7O2. The molecule has 0 radical (unpaired) electrons. The van der Waals surface area contributed by atoms with Gasteiger partial charge in [-0.05, 0) is 19.4 Å². The van der Waals surface area contributed by atoms with Crippen LogP contribution < -0.4 is 15.1 Å². The van der Waals surface area contributed by atoms with E-state index >= 15 is 0 Å². The van der Waals surface area contributed by atoms with Gasteiger partial charge in [-0.25, -0.2) is 9.97 Å². The Morgan fingerprint density at radius 3 is 2.82 bits per heavy atom. The van der Waals surface area contributed by atoms with E-state index < -0.39 is 0 Å². The average molecular weight is 387 g/mol. The zero-order chi connectivity index (χ0) is 20.1. The zero-order valence-electron chi connectivity index (χ0n) is 17.0. The third kappa shape index (κ3) is 4.78. The number of anilines is 2. The molecule has 0 unspecified atom stereocenters. The van der Waals surface area contributed by atoms with Crippen LogP contribution in [0.1, 0.15) is 18.7 Å². The summed E-state index contributed by atoms with van der Waals surface area (Å²) in [6.45, 7) is 4.09. The fourth-order valence-corrected chi connectivity index (χ4v) is 3.40.